The minimum absolute atomic E-state index is 0.0274. The zero-order chi connectivity index (χ0) is 22.8. The fourth-order valence-corrected chi connectivity index (χ4v) is 5.28. The standard InChI is InChI=1S/C25H27N5O2S/c1-3-32-21-14-8-7-13-20(21)26-24(31)18-10-9-15-29(16-18)25-27-23-22(33-25)17(2)28-30(23)19-11-5-4-6-12-19/h4-8,11-14,18H,3,9-10,15-16H2,1-2H3,(H,26,31)/t18-/m1/s1. The number of piperidine rings is 1. The van der Waals surface area contributed by atoms with Gasteiger partial charge in [-0.25, -0.2) is 4.68 Å². The molecule has 33 heavy (non-hydrogen) atoms. The number of benzene rings is 2. The second-order valence-corrected chi connectivity index (χ2v) is 9.16. The molecular weight excluding hydrogens is 434 g/mol. The summed E-state index contributed by atoms with van der Waals surface area (Å²) < 4.78 is 8.65. The number of rotatable bonds is 6. The Bertz CT molecular complexity index is 1270. The molecule has 8 heteroatoms. The first-order chi connectivity index (χ1) is 16.1. The van der Waals surface area contributed by atoms with E-state index in [9.17, 15) is 4.79 Å². The molecular formula is C25H27N5O2S. The number of nitrogens with zero attached hydrogens (tertiary/aromatic N) is 4. The van der Waals surface area contributed by atoms with Crippen molar-refractivity contribution in [1.82, 2.24) is 14.8 Å². The van der Waals surface area contributed by atoms with Gasteiger partial charge in [-0.15, -0.1) is 0 Å². The van der Waals surface area contributed by atoms with Crippen LogP contribution in [0.3, 0.4) is 0 Å². The molecule has 0 bridgehead atoms. The van der Waals surface area contributed by atoms with Crippen LogP contribution in [-0.4, -0.2) is 40.4 Å². The molecule has 1 aliphatic rings. The molecule has 2 aromatic heterocycles. The van der Waals surface area contributed by atoms with Crippen molar-refractivity contribution in [3.63, 3.8) is 0 Å². The van der Waals surface area contributed by atoms with Gasteiger partial charge in [0.25, 0.3) is 0 Å². The first-order valence-corrected chi connectivity index (χ1v) is 12.1. The molecule has 1 aliphatic heterocycles. The fourth-order valence-electron chi connectivity index (χ4n) is 4.26. The van der Waals surface area contributed by atoms with E-state index in [-0.39, 0.29) is 11.8 Å². The predicted octanol–water partition coefficient (Wildman–Crippen LogP) is 5.04. The van der Waals surface area contributed by atoms with E-state index in [0.29, 0.717) is 18.9 Å². The maximum atomic E-state index is 13.1. The first kappa shape index (κ1) is 21.5. The number of ether oxygens (including phenoxy) is 1. The summed E-state index contributed by atoms with van der Waals surface area (Å²) >= 11 is 1.65. The normalized spacial score (nSPS) is 16.2. The molecule has 2 aromatic carbocycles. The number of carbonyl (C=O) groups excluding carboxylic acids is 1. The van der Waals surface area contributed by atoms with E-state index in [1.807, 2.05) is 73.1 Å². The summed E-state index contributed by atoms with van der Waals surface area (Å²) in [6.45, 7) is 6.06. The number of para-hydroxylation sites is 3. The number of amides is 1. The summed E-state index contributed by atoms with van der Waals surface area (Å²) in [4.78, 5) is 20.3. The van der Waals surface area contributed by atoms with E-state index in [2.05, 4.69) is 15.3 Å². The monoisotopic (exact) mass is 461 g/mol. The highest BCUT2D eigenvalue weighted by Crippen LogP contribution is 2.35. The topological polar surface area (TPSA) is 72.3 Å². The lowest BCUT2D eigenvalue weighted by molar-refractivity contribution is -0.120. The fraction of sp³-hybridized carbons (Fsp3) is 0.320. The van der Waals surface area contributed by atoms with Gasteiger partial charge < -0.3 is 15.0 Å². The first-order valence-electron chi connectivity index (χ1n) is 11.3. The molecule has 7 nitrogen and oxygen atoms in total. The Balaban J connectivity index is 1.35. The quantitative estimate of drug-likeness (QED) is 0.435. The maximum Gasteiger partial charge on any atom is 0.229 e. The lowest BCUT2D eigenvalue weighted by Crippen LogP contribution is -2.40. The van der Waals surface area contributed by atoms with Gasteiger partial charge in [-0.3, -0.25) is 4.79 Å². The lowest BCUT2D eigenvalue weighted by atomic mass is 9.97. The zero-order valence-electron chi connectivity index (χ0n) is 18.8. The minimum Gasteiger partial charge on any atom is -0.492 e. The number of anilines is 2. The molecule has 4 aromatic rings. The SMILES string of the molecule is CCOc1ccccc1NC(=O)[C@@H]1CCCN(c2nc3c(s2)c(C)nn3-c2ccccc2)C1. The number of nitrogens with one attached hydrogen (secondary N) is 1. The van der Waals surface area contributed by atoms with Crippen molar-refractivity contribution in [3.8, 4) is 11.4 Å². The highest BCUT2D eigenvalue weighted by atomic mass is 32.1. The van der Waals surface area contributed by atoms with Crippen molar-refractivity contribution in [2.24, 2.45) is 5.92 Å². The Kier molecular flexibility index (Phi) is 6.00. The van der Waals surface area contributed by atoms with E-state index >= 15 is 0 Å². The average Bonchev–Trinajstić information content (AvgIpc) is 3.42. The van der Waals surface area contributed by atoms with Crippen LogP contribution in [0.1, 0.15) is 25.5 Å². The summed E-state index contributed by atoms with van der Waals surface area (Å²) in [5.74, 6) is 0.625. The number of aromatic nitrogens is 3. The van der Waals surface area contributed by atoms with Crippen LogP contribution in [0.5, 0.6) is 5.75 Å². The number of hydrogen-bond acceptors (Lipinski definition) is 6. The molecule has 1 N–H and O–H groups in total. The van der Waals surface area contributed by atoms with Gasteiger partial charge in [0.1, 0.15) is 5.75 Å². The minimum atomic E-state index is -0.104. The van der Waals surface area contributed by atoms with Crippen LogP contribution >= 0.6 is 11.3 Å². The molecule has 3 heterocycles. The summed E-state index contributed by atoms with van der Waals surface area (Å²) in [5, 5.41) is 8.71. The van der Waals surface area contributed by atoms with Crippen LogP contribution in [0.15, 0.2) is 54.6 Å². The molecule has 0 saturated carbocycles. The molecule has 0 spiro atoms. The summed E-state index contributed by atoms with van der Waals surface area (Å²) in [7, 11) is 0. The van der Waals surface area contributed by atoms with Gasteiger partial charge in [-0.05, 0) is 51.0 Å². The van der Waals surface area contributed by atoms with Crippen molar-refractivity contribution in [1.29, 1.82) is 0 Å². The van der Waals surface area contributed by atoms with Crippen LogP contribution in [0, 0.1) is 12.8 Å². The van der Waals surface area contributed by atoms with Crippen LogP contribution in [-0.2, 0) is 4.79 Å². The molecule has 1 amide bonds. The van der Waals surface area contributed by atoms with Gasteiger partial charge in [-0.2, -0.15) is 10.1 Å². The van der Waals surface area contributed by atoms with Gasteiger partial charge in [0.15, 0.2) is 10.8 Å². The van der Waals surface area contributed by atoms with Gasteiger partial charge in [0.05, 0.1) is 34.3 Å². The third-order valence-corrected chi connectivity index (χ3v) is 7.10. The van der Waals surface area contributed by atoms with Crippen molar-refractivity contribution in [3.05, 3.63) is 60.3 Å². The maximum absolute atomic E-state index is 13.1. The van der Waals surface area contributed by atoms with Gasteiger partial charge in [0.2, 0.25) is 5.91 Å². The van der Waals surface area contributed by atoms with Crippen LogP contribution in [0.4, 0.5) is 10.8 Å². The Labute approximate surface area is 197 Å². The van der Waals surface area contributed by atoms with Crippen molar-refractivity contribution < 1.29 is 9.53 Å². The summed E-state index contributed by atoms with van der Waals surface area (Å²) in [6, 6.07) is 17.7. The molecule has 170 valence electrons. The van der Waals surface area contributed by atoms with Gasteiger partial charge >= 0.3 is 0 Å². The lowest BCUT2D eigenvalue weighted by Gasteiger charge is -2.31. The van der Waals surface area contributed by atoms with Crippen LogP contribution in [0.2, 0.25) is 0 Å². The third-order valence-electron chi connectivity index (χ3n) is 5.89. The summed E-state index contributed by atoms with van der Waals surface area (Å²) in [5.41, 5.74) is 3.56. The van der Waals surface area contributed by atoms with Crippen LogP contribution < -0.4 is 15.0 Å². The molecule has 5 rings (SSSR count). The average molecular weight is 462 g/mol. The van der Waals surface area contributed by atoms with Crippen molar-refractivity contribution >= 4 is 38.4 Å². The van der Waals surface area contributed by atoms with Gasteiger partial charge in [-0.1, -0.05) is 41.7 Å². The van der Waals surface area contributed by atoms with E-state index in [1.165, 1.54) is 0 Å². The second-order valence-electron chi connectivity index (χ2n) is 8.19. The number of hydrogen-bond donors (Lipinski definition) is 1. The molecule has 0 radical (unpaired) electrons. The van der Waals surface area contributed by atoms with Crippen LogP contribution in [0.25, 0.3) is 16.0 Å². The number of fused-ring (bicyclic) bond motifs is 1. The summed E-state index contributed by atoms with van der Waals surface area (Å²) in [6.07, 6.45) is 1.81. The van der Waals surface area contributed by atoms with Crippen molar-refractivity contribution in [2.75, 3.05) is 29.9 Å². The Hall–Kier alpha value is -3.39. The van der Waals surface area contributed by atoms with E-state index in [1.54, 1.807) is 11.3 Å². The van der Waals surface area contributed by atoms with E-state index < -0.39 is 0 Å². The zero-order valence-corrected chi connectivity index (χ0v) is 19.6. The largest absolute Gasteiger partial charge is 0.492 e. The number of carbonyl (C=O) groups is 1. The smallest absolute Gasteiger partial charge is 0.229 e. The molecule has 0 unspecified atom stereocenters. The van der Waals surface area contributed by atoms with Crippen molar-refractivity contribution in [2.45, 2.75) is 26.7 Å². The molecule has 1 saturated heterocycles. The van der Waals surface area contributed by atoms with E-state index in [0.717, 1.165) is 51.9 Å². The molecule has 1 atom stereocenters. The Morgan fingerprint density at radius 1 is 1.18 bits per heavy atom. The molecule has 0 aliphatic carbocycles. The highest BCUT2D eigenvalue weighted by Gasteiger charge is 2.29. The predicted molar refractivity (Wildman–Crippen MR) is 133 cm³/mol. The second kappa shape index (κ2) is 9.23. The Morgan fingerprint density at radius 2 is 1.97 bits per heavy atom. The molecule has 1 fully saturated rings. The van der Waals surface area contributed by atoms with E-state index in [4.69, 9.17) is 9.72 Å². The Morgan fingerprint density at radius 3 is 2.79 bits per heavy atom. The third kappa shape index (κ3) is 4.30. The highest BCUT2D eigenvalue weighted by molar-refractivity contribution is 7.22. The number of thiazole rings is 1. The van der Waals surface area contributed by atoms with Gasteiger partial charge in [0, 0.05) is 13.1 Å². The number of aryl methyl sites for hydroxylation is 1.